The van der Waals surface area contributed by atoms with E-state index in [0.717, 1.165) is 0 Å². The second kappa shape index (κ2) is 4.58. The van der Waals surface area contributed by atoms with Crippen molar-refractivity contribution in [3.63, 3.8) is 0 Å². The Kier molecular flexibility index (Phi) is 4.16. The molecule has 0 saturated carbocycles. The summed E-state index contributed by atoms with van der Waals surface area (Å²) in [5, 5.41) is 8.52. The second-order valence-electron chi connectivity index (χ2n) is 3.92. The summed E-state index contributed by atoms with van der Waals surface area (Å²) in [5.74, 6) is -1.31. The fourth-order valence-electron chi connectivity index (χ4n) is 1.24. The van der Waals surface area contributed by atoms with E-state index in [2.05, 4.69) is 0 Å². The van der Waals surface area contributed by atoms with Gasteiger partial charge in [0.25, 0.3) is 0 Å². The summed E-state index contributed by atoms with van der Waals surface area (Å²) in [6, 6.07) is -1.30. The molecular formula is C8H13F3N2O3. The van der Waals surface area contributed by atoms with Gasteiger partial charge in [-0.2, -0.15) is 13.2 Å². The molecule has 0 unspecified atom stereocenters. The lowest BCUT2D eigenvalue weighted by Gasteiger charge is -2.36. The molecule has 0 aromatic heterocycles. The summed E-state index contributed by atoms with van der Waals surface area (Å²) in [4.78, 5) is 21.6. The zero-order valence-electron chi connectivity index (χ0n) is 8.84. The number of carbonyl (C=O) groups is 2. The third-order valence-corrected chi connectivity index (χ3v) is 1.92. The van der Waals surface area contributed by atoms with Crippen LogP contribution in [0.4, 0.5) is 18.0 Å². The molecule has 0 aliphatic rings. The van der Waals surface area contributed by atoms with Crippen LogP contribution >= 0.6 is 0 Å². The molecule has 0 atom stereocenters. The van der Waals surface area contributed by atoms with E-state index in [9.17, 15) is 22.8 Å². The molecule has 0 rings (SSSR count). The summed E-state index contributed by atoms with van der Waals surface area (Å²) in [7, 11) is 0. The largest absolute Gasteiger partial charge is 0.481 e. The first-order chi connectivity index (χ1) is 6.96. The van der Waals surface area contributed by atoms with Gasteiger partial charge in [0.05, 0.1) is 6.42 Å². The van der Waals surface area contributed by atoms with Crippen LogP contribution in [0.1, 0.15) is 20.3 Å². The molecule has 8 heteroatoms. The van der Waals surface area contributed by atoms with E-state index in [1.54, 1.807) is 0 Å². The molecule has 0 aromatic carbocycles. The SMILES string of the molecule is CC(C)(CC(=O)O)N(CC(F)(F)F)C(N)=O. The molecule has 0 spiro atoms. The van der Waals surface area contributed by atoms with Gasteiger partial charge in [-0.3, -0.25) is 4.79 Å². The number of nitrogens with two attached hydrogens (primary N) is 1. The molecule has 16 heavy (non-hydrogen) atoms. The van der Waals surface area contributed by atoms with Crippen LogP contribution in [0.15, 0.2) is 0 Å². The van der Waals surface area contributed by atoms with Crippen molar-refractivity contribution in [1.82, 2.24) is 4.90 Å². The zero-order chi connectivity index (χ0) is 13.1. The number of urea groups is 1. The first kappa shape index (κ1) is 14.5. The minimum Gasteiger partial charge on any atom is -0.481 e. The Morgan fingerprint density at radius 1 is 1.31 bits per heavy atom. The van der Waals surface area contributed by atoms with E-state index in [-0.39, 0.29) is 0 Å². The van der Waals surface area contributed by atoms with Gasteiger partial charge in [-0.1, -0.05) is 0 Å². The number of hydrogen-bond donors (Lipinski definition) is 2. The van der Waals surface area contributed by atoms with Gasteiger partial charge in [-0.15, -0.1) is 0 Å². The number of nitrogens with zero attached hydrogens (tertiary/aromatic N) is 1. The second-order valence-corrected chi connectivity index (χ2v) is 3.92. The molecule has 0 fully saturated rings. The van der Waals surface area contributed by atoms with Gasteiger partial charge in [-0.25, -0.2) is 4.79 Å². The molecule has 5 nitrogen and oxygen atoms in total. The highest BCUT2D eigenvalue weighted by atomic mass is 19.4. The van der Waals surface area contributed by atoms with Gasteiger partial charge >= 0.3 is 18.2 Å². The third kappa shape index (κ3) is 4.85. The molecular weight excluding hydrogens is 229 g/mol. The number of carboxylic acid groups (broad SMARTS) is 1. The van der Waals surface area contributed by atoms with E-state index in [1.165, 1.54) is 13.8 Å². The average Bonchev–Trinajstić information content (AvgIpc) is 1.95. The maximum atomic E-state index is 12.1. The number of halogens is 3. The predicted molar refractivity (Wildman–Crippen MR) is 48.7 cm³/mol. The quantitative estimate of drug-likeness (QED) is 0.776. The first-order valence-electron chi connectivity index (χ1n) is 4.31. The molecule has 0 saturated heterocycles. The predicted octanol–water partition coefficient (Wildman–Crippen LogP) is 1.18. The summed E-state index contributed by atoms with van der Waals surface area (Å²) in [6.45, 7) is 0.845. The van der Waals surface area contributed by atoms with E-state index in [1.807, 2.05) is 0 Å². The van der Waals surface area contributed by atoms with Gasteiger partial charge in [0.15, 0.2) is 0 Å². The molecule has 0 radical (unpaired) electrons. The average molecular weight is 242 g/mol. The van der Waals surface area contributed by atoms with Crippen molar-refractivity contribution in [3.05, 3.63) is 0 Å². The van der Waals surface area contributed by atoms with Gasteiger partial charge < -0.3 is 15.7 Å². The number of amides is 2. The van der Waals surface area contributed by atoms with Crippen LogP contribution in [-0.2, 0) is 4.79 Å². The van der Waals surface area contributed by atoms with Crippen LogP contribution in [0.3, 0.4) is 0 Å². The molecule has 0 aromatic rings. The Balaban J connectivity index is 4.90. The molecule has 0 aliphatic heterocycles. The Hall–Kier alpha value is -1.47. The van der Waals surface area contributed by atoms with Crippen LogP contribution in [0, 0.1) is 0 Å². The van der Waals surface area contributed by atoms with Gasteiger partial charge in [0.2, 0.25) is 0 Å². The fourth-order valence-corrected chi connectivity index (χ4v) is 1.24. The Labute approximate surface area is 90.0 Å². The van der Waals surface area contributed by atoms with Crippen LogP contribution in [0.2, 0.25) is 0 Å². The number of carbonyl (C=O) groups excluding carboxylic acids is 1. The fraction of sp³-hybridized carbons (Fsp3) is 0.750. The highest BCUT2D eigenvalue weighted by Gasteiger charge is 2.40. The number of rotatable bonds is 4. The van der Waals surface area contributed by atoms with Crippen molar-refractivity contribution in [1.29, 1.82) is 0 Å². The normalized spacial score (nSPS) is 12.3. The highest BCUT2D eigenvalue weighted by Crippen LogP contribution is 2.24. The Morgan fingerprint density at radius 3 is 2.00 bits per heavy atom. The lowest BCUT2D eigenvalue weighted by molar-refractivity contribution is -0.154. The topological polar surface area (TPSA) is 83.6 Å². The number of carboxylic acids is 1. The standard InChI is InChI=1S/C8H13F3N2O3/c1-7(2,3-5(14)15)13(6(12)16)4-8(9,10)11/h3-4H2,1-2H3,(H2,12,16)(H,14,15). The summed E-state index contributed by atoms with van der Waals surface area (Å²) >= 11 is 0. The molecule has 94 valence electrons. The number of hydrogen-bond acceptors (Lipinski definition) is 2. The van der Waals surface area contributed by atoms with Crippen molar-refractivity contribution in [2.24, 2.45) is 5.73 Å². The maximum absolute atomic E-state index is 12.1. The summed E-state index contributed by atoms with van der Waals surface area (Å²) in [6.07, 6.45) is -5.24. The van der Waals surface area contributed by atoms with Crippen LogP contribution in [0.25, 0.3) is 0 Å². The lowest BCUT2D eigenvalue weighted by Crippen LogP contribution is -2.54. The van der Waals surface area contributed by atoms with Gasteiger partial charge in [-0.05, 0) is 13.8 Å². The lowest BCUT2D eigenvalue weighted by atomic mass is 9.98. The van der Waals surface area contributed by atoms with Crippen molar-refractivity contribution in [2.75, 3.05) is 6.54 Å². The van der Waals surface area contributed by atoms with Gasteiger partial charge in [0, 0.05) is 5.54 Å². The van der Waals surface area contributed by atoms with Crippen molar-refractivity contribution < 1.29 is 27.9 Å². The first-order valence-corrected chi connectivity index (χ1v) is 4.31. The minimum absolute atomic E-state index is 0.293. The Bertz CT molecular complexity index is 289. The van der Waals surface area contributed by atoms with E-state index < -0.39 is 36.7 Å². The monoisotopic (exact) mass is 242 g/mol. The van der Waals surface area contributed by atoms with E-state index >= 15 is 0 Å². The molecule has 3 N–H and O–H groups in total. The van der Waals surface area contributed by atoms with E-state index in [0.29, 0.717) is 4.90 Å². The van der Waals surface area contributed by atoms with Crippen molar-refractivity contribution >= 4 is 12.0 Å². The smallest absolute Gasteiger partial charge is 0.406 e. The van der Waals surface area contributed by atoms with Crippen molar-refractivity contribution in [3.8, 4) is 0 Å². The van der Waals surface area contributed by atoms with Crippen LogP contribution in [0.5, 0.6) is 0 Å². The number of primary amides is 1. The molecule has 0 heterocycles. The summed E-state index contributed by atoms with van der Waals surface area (Å²) in [5.41, 5.74) is 3.31. The van der Waals surface area contributed by atoms with Crippen LogP contribution in [-0.4, -0.2) is 40.3 Å². The van der Waals surface area contributed by atoms with Crippen molar-refractivity contribution in [2.45, 2.75) is 32.0 Å². The Morgan fingerprint density at radius 2 is 1.75 bits per heavy atom. The van der Waals surface area contributed by atoms with E-state index in [4.69, 9.17) is 10.8 Å². The van der Waals surface area contributed by atoms with Gasteiger partial charge in [0.1, 0.15) is 6.54 Å². The van der Waals surface area contributed by atoms with Crippen LogP contribution < -0.4 is 5.73 Å². The highest BCUT2D eigenvalue weighted by molar-refractivity contribution is 5.75. The number of aliphatic carboxylic acids is 1. The zero-order valence-corrected chi connectivity index (χ0v) is 8.84. The number of alkyl halides is 3. The minimum atomic E-state index is -4.62. The summed E-state index contributed by atoms with van der Waals surface area (Å²) < 4.78 is 36.4. The third-order valence-electron chi connectivity index (χ3n) is 1.92. The maximum Gasteiger partial charge on any atom is 0.406 e. The molecule has 0 bridgehead atoms. The molecule has 2 amide bonds. The molecule has 0 aliphatic carbocycles.